The minimum Gasteiger partial charge on any atom is -0.444 e. The highest BCUT2D eigenvalue weighted by Gasteiger charge is 2.32. The maximum atomic E-state index is 12.4. The fraction of sp³-hybridized carbons (Fsp3) is 0.625. The first-order valence-corrected chi connectivity index (χ1v) is 9.15. The summed E-state index contributed by atoms with van der Waals surface area (Å²) in [7, 11) is 0. The SMILES string of the molecule is CC(C)(C)OC(=O)N1CCCCC1CC(=O)c1ccc(Br)s1. The van der Waals surface area contributed by atoms with E-state index in [9.17, 15) is 9.59 Å². The lowest BCUT2D eigenvalue weighted by atomic mass is 9.97. The monoisotopic (exact) mass is 387 g/mol. The number of ketones is 1. The van der Waals surface area contributed by atoms with Crippen molar-refractivity contribution < 1.29 is 14.3 Å². The fourth-order valence-corrected chi connectivity index (χ4v) is 3.89. The molecule has 0 spiro atoms. The molecule has 1 fully saturated rings. The number of ether oxygens (including phenoxy) is 1. The summed E-state index contributed by atoms with van der Waals surface area (Å²) in [4.78, 5) is 27.2. The Bertz CT molecular complexity index is 550. The van der Waals surface area contributed by atoms with Crippen LogP contribution >= 0.6 is 27.3 Å². The van der Waals surface area contributed by atoms with Crippen LogP contribution in [0.5, 0.6) is 0 Å². The van der Waals surface area contributed by atoms with Crippen LogP contribution in [0.2, 0.25) is 0 Å². The summed E-state index contributed by atoms with van der Waals surface area (Å²) in [6.45, 7) is 6.25. The van der Waals surface area contributed by atoms with Crippen molar-refractivity contribution in [2.75, 3.05) is 6.54 Å². The van der Waals surface area contributed by atoms with E-state index in [2.05, 4.69) is 15.9 Å². The lowest BCUT2D eigenvalue weighted by Crippen LogP contribution is -2.46. The van der Waals surface area contributed by atoms with Gasteiger partial charge in [-0.25, -0.2) is 4.79 Å². The summed E-state index contributed by atoms with van der Waals surface area (Å²) < 4.78 is 6.42. The molecule has 6 heteroatoms. The Kier molecular flexibility index (Phi) is 5.66. The number of hydrogen-bond donors (Lipinski definition) is 0. The van der Waals surface area contributed by atoms with Crippen molar-refractivity contribution in [1.82, 2.24) is 4.90 Å². The third-order valence-corrected chi connectivity index (χ3v) is 5.19. The molecule has 1 aliphatic rings. The molecule has 0 radical (unpaired) electrons. The fourth-order valence-electron chi connectivity index (χ4n) is 2.55. The first-order chi connectivity index (χ1) is 10.3. The van der Waals surface area contributed by atoms with Crippen LogP contribution in [-0.2, 0) is 4.74 Å². The number of halogens is 1. The Hall–Kier alpha value is -0.880. The molecule has 0 N–H and O–H groups in total. The highest BCUT2D eigenvalue weighted by molar-refractivity contribution is 9.11. The Morgan fingerprint density at radius 3 is 2.68 bits per heavy atom. The van der Waals surface area contributed by atoms with Gasteiger partial charge in [0.2, 0.25) is 0 Å². The quantitative estimate of drug-likeness (QED) is 0.694. The summed E-state index contributed by atoms with van der Waals surface area (Å²) in [6, 6.07) is 3.65. The molecule has 0 aromatic carbocycles. The zero-order valence-corrected chi connectivity index (χ0v) is 15.6. The minimum absolute atomic E-state index is 0.0584. The Morgan fingerprint density at radius 2 is 2.09 bits per heavy atom. The van der Waals surface area contributed by atoms with Crippen LogP contribution < -0.4 is 0 Å². The topological polar surface area (TPSA) is 46.6 Å². The summed E-state index contributed by atoms with van der Waals surface area (Å²) in [6.07, 6.45) is 2.93. The molecule has 1 aromatic rings. The molecule has 1 aromatic heterocycles. The van der Waals surface area contributed by atoms with E-state index < -0.39 is 5.60 Å². The largest absolute Gasteiger partial charge is 0.444 e. The molecule has 2 heterocycles. The van der Waals surface area contributed by atoms with Gasteiger partial charge in [-0.1, -0.05) is 0 Å². The number of hydrogen-bond acceptors (Lipinski definition) is 4. The standard InChI is InChI=1S/C16H22BrNO3S/c1-16(2,3)21-15(20)18-9-5-4-6-11(18)10-12(19)13-7-8-14(17)22-13/h7-8,11H,4-6,9-10H2,1-3H3. The van der Waals surface area contributed by atoms with Gasteiger partial charge < -0.3 is 9.64 Å². The lowest BCUT2D eigenvalue weighted by Gasteiger charge is -2.36. The molecule has 1 amide bonds. The second kappa shape index (κ2) is 7.13. The predicted molar refractivity (Wildman–Crippen MR) is 91.5 cm³/mol. The number of nitrogens with zero attached hydrogens (tertiary/aromatic N) is 1. The van der Waals surface area contributed by atoms with Crippen molar-refractivity contribution in [3.63, 3.8) is 0 Å². The molecule has 0 saturated carbocycles. The number of rotatable bonds is 3. The molecule has 0 bridgehead atoms. The smallest absolute Gasteiger partial charge is 0.410 e. The zero-order chi connectivity index (χ0) is 16.3. The molecule has 122 valence electrons. The lowest BCUT2D eigenvalue weighted by molar-refractivity contribution is 0.00948. The van der Waals surface area contributed by atoms with Gasteiger partial charge in [-0.15, -0.1) is 11.3 Å². The van der Waals surface area contributed by atoms with Crippen LogP contribution in [0.4, 0.5) is 4.79 Å². The van der Waals surface area contributed by atoms with Crippen LogP contribution in [0.25, 0.3) is 0 Å². The van der Waals surface area contributed by atoms with Crippen LogP contribution in [0.3, 0.4) is 0 Å². The third kappa shape index (κ3) is 4.81. The molecule has 1 unspecified atom stereocenters. The van der Waals surface area contributed by atoms with Gasteiger partial charge in [0.25, 0.3) is 0 Å². The summed E-state index contributed by atoms with van der Waals surface area (Å²) in [5.41, 5.74) is -0.512. The van der Waals surface area contributed by atoms with Gasteiger partial charge in [0.15, 0.2) is 5.78 Å². The van der Waals surface area contributed by atoms with E-state index in [0.717, 1.165) is 27.9 Å². The van der Waals surface area contributed by atoms with Crippen molar-refractivity contribution >= 4 is 39.1 Å². The van der Waals surface area contributed by atoms with E-state index in [1.165, 1.54) is 11.3 Å². The van der Waals surface area contributed by atoms with Crippen LogP contribution in [0, 0.1) is 0 Å². The summed E-state index contributed by atoms with van der Waals surface area (Å²) in [5.74, 6) is 0.0937. The number of piperidine rings is 1. The second-order valence-corrected chi connectivity index (χ2v) is 9.02. The van der Waals surface area contributed by atoms with Crippen LogP contribution in [-0.4, -0.2) is 35.0 Å². The average molecular weight is 388 g/mol. The second-order valence-electron chi connectivity index (χ2n) is 6.55. The molecule has 1 atom stereocenters. The minimum atomic E-state index is -0.512. The van der Waals surface area contributed by atoms with Gasteiger partial charge in [0, 0.05) is 19.0 Å². The first-order valence-electron chi connectivity index (χ1n) is 7.54. The van der Waals surface area contributed by atoms with Crippen molar-refractivity contribution in [2.45, 2.75) is 58.1 Å². The zero-order valence-electron chi connectivity index (χ0n) is 13.2. The van der Waals surface area contributed by atoms with Crippen LogP contribution in [0.1, 0.15) is 56.1 Å². The number of amides is 1. The van der Waals surface area contributed by atoms with Crippen molar-refractivity contribution in [3.05, 3.63) is 20.8 Å². The number of carbonyl (C=O) groups is 2. The molecule has 1 saturated heterocycles. The van der Waals surface area contributed by atoms with E-state index in [1.54, 1.807) is 4.90 Å². The highest BCUT2D eigenvalue weighted by Crippen LogP contribution is 2.27. The molecule has 22 heavy (non-hydrogen) atoms. The summed E-state index contributed by atoms with van der Waals surface area (Å²) in [5, 5.41) is 0. The van der Waals surface area contributed by atoms with Gasteiger partial charge in [0.1, 0.15) is 5.60 Å². The first kappa shape index (κ1) is 17.5. The van der Waals surface area contributed by atoms with Gasteiger partial charge in [-0.2, -0.15) is 0 Å². The van der Waals surface area contributed by atoms with Crippen LogP contribution in [0.15, 0.2) is 15.9 Å². The van der Waals surface area contributed by atoms with Crippen molar-refractivity contribution in [3.8, 4) is 0 Å². The van der Waals surface area contributed by atoms with E-state index in [4.69, 9.17) is 4.74 Å². The maximum Gasteiger partial charge on any atom is 0.410 e. The van der Waals surface area contributed by atoms with E-state index >= 15 is 0 Å². The molecular weight excluding hydrogens is 366 g/mol. The molecule has 1 aliphatic heterocycles. The Labute approximate surface area is 144 Å². The molecule has 0 aliphatic carbocycles. The van der Waals surface area contributed by atoms with Gasteiger partial charge in [0.05, 0.1) is 8.66 Å². The molecular formula is C16H22BrNO3S. The summed E-state index contributed by atoms with van der Waals surface area (Å²) >= 11 is 4.81. The van der Waals surface area contributed by atoms with Gasteiger partial charge in [-0.3, -0.25) is 4.79 Å². The number of carbonyl (C=O) groups excluding carboxylic acids is 2. The van der Waals surface area contributed by atoms with E-state index in [1.807, 2.05) is 32.9 Å². The Balaban J connectivity index is 2.03. The molecule has 2 rings (SSSR count). The molecule has 4 nitrogen and oxygen atoms in total. The van der Waals surface area contributed by atoms with Crippen molar-refractivity contribution in [1.29, 1.82) is 0 Å². The number of likely N-dealkylation sites (tertiary alicyclic amines) is 1. The average Bonchev–Trinajstić information content (AvgIpc) is 2.84. The number of Topliss-reactive ketones (excluding diaryl/α,β-unsaturated/α-hetero) is 1. The number of thiophene rings is 1. The normalized spacial score (nSPS) is 19.1. The maximum absolute atomic E-state index is 12.4. The van der Waals surface area contributed by atoms with E-state index in [-0.39, 0.29) is 17.9 Å². The predicted octanol–water partition coefficient (Wildman–Crippen LogP) is 4.87. The third-order valence-electron chi connectivity index (χ3n) is 3.52. The van der Waals surface area contributed by atoms with Crippen molar-refractivity contribution in [2.24, 2.45) is 0 Å². The van der Waals surface area contributed by atoms with Gasteiger partial charge >= 0.3 is 6.09 Å². The highest BCUT2D eigenvalue weighted by atomic mass is 79.9. The van der Waals surface area contributed by atoms with E-state index in [0.29, 0.717) is 13.0 Å². The Morgan fingerprint density at radius 1 is 1.36 bits per heavy atom. The van der Waals surface area contributed by atoms with Gasteiger partial charge in [-0.05, 0) is 68.1 Å².